The number of nitrogens with zero attached hydrogens (tertiary/aromatic N) is 1. The summed E-state index contributed by atoms with van der Waals surface area (Å²) in [5.41, 5.74) is 5.29. The van der Waals surface area contributed by atoms with E-state index in [4.69, 9.17) is 4.74 Å². The molecule has 1 aliphatic rings. The molecule has 0 saturated carbocycles. The largest absolute Gasteiger partial charge is 0.487 e. The van der Waals surface area contributed by atoms with Crippen LogP contribution in [0, 0.1) is 13.8 Å². The Balaban J connectivity index is 1.61. The first-order chi connectivity index (χ1) is 14.2. The maximum Gasteiger partial charge on any atom is 0.255 e. The molecule has 0 unspecified atom stereocenters. The van der Waals surface area contributed by atoms with Crippen LogP contribution in [0.25, 0.3) is 11.1 Å². The van der Waals surface area contributed by atoms with Gasteiger partial charge in [-0.05, 0) is 80.3 Å². The number of benzene rings is 2. The Bertz CT molecular complexity index is 1150. The number of hydrogen-bond acceptors (Lipinski definition) is 4. The number of fused-ring (bicyclic) bond motifs is 1. The number of ether oxygens (including phenoxy) is 1. The van der Waals surface area contributed by atoms with Gasteiger partial charge in [0.05, 0.1) is 12.0 Å². The highest BCUT2D eigenvalue weighted by Gasteiger charge is 2.33. The summed E-state index contributed by atoms with van der Waals surface area (Å²) < 4.78 is 6.06. The van der Waals surface area contributed by atoms with Crippen molar-refractivity contribution in [1.82, 2.24) is 4.98 Å². The number of rotatable bonds is 3. The number of amides is 1. The molecule has 0 fully saturated rings. The monoisotopic (exact) mass is 400 g/mol. The van der Waals surface area contributed by atoms with Gasteiger partial charge in [-0.2, -0.15) is 0 Å². The normalized spacial score (nSPS) is 14.6. The summed E-state index contributed by atoms with van der Waals surface area (Å²) in [6, 6.07) is 13.0. The van der Waals surface area contributed by atoms with Crippen molar-refractivity contribution in [2.75, 3.05) is 5.32 Å². The lowest BCUT2D eigenvalue weighted by atomic mass is 9.89. The van der Waals surface area contributed by atoms with Crippen LogP contribution in [0.2, 0.25) is 0 Å². The Labute approximate surface area is 176 Å². The summed E-state index contributed by atoms with van der Waals surface area (Å²) in [5, 5.41) is 2.92. The summed E-state index contributed by atoms with van der Waals surface area (Å²) in [4.78, 5) is 29.1. The van der Waals surface area contributed by atoms with Crippen molar-refractivity contribution in [3.63, 3.8) is 0 Å². The highest BCUT2D eigenvalue weighted by Crippen LogP contribution is 2.38. The highest BCUT2D eigenvalue weighted by molar-refractivity contribution is 6.05. The molecule has 30 heavy (non-hydrogen) atoms. The average molecular weight is 400 g/mol. The Morgan fingerprint density at radius 2 is 1.77 bits per heavy atom. The third-order valence-corrected chi connectivity index (χ3v) is 5.33. The van der Waals surface area contributed by atoms with Crippen LogP contribution < -0.4 is 10.1 Å². The van der Waals surface area contributed by atoms with Gasteiger partial charge in [-0.1, -0.05) is 12.1 Å². The van der Waals surface area contributed by atoms with Gasteiger partial charge in [-0.15, -0.1) is 0 Å². The minimum atomic E-state index is -0.510. The van der Waals surface area contributed by atoms with Gasteiger partial charge in [-0.25, -0.2) is 0 Å². The zero-order valence-electron chi connectivity index (χ0n) is 17.6. The molecular weight excluding hydrogens is 376 g/mol. The summed E-state index contributed by atoms with van der Waals surface area (Å²) in [5.74, 6) is 0.551. The minimum Gasteiger partial charge on any atom is -0.487 e. The second-order valence-corrected chi connectivity index (χ2v) is 8.35. The van der Waals surface area contributed by atoms with E-state index < -0.39 is 5.60 Å². The van der Waals surface area contributed by atoms with Crippen molar-refractivity contribution < 1.29 is 14.3 Å². The Kier molecular flexibility index (Phi) is 4.90. The van der Waals surface area contributed by atoms with E-state index in [1.54, 1.807) is 30.6 Å². The summed E-state index contributed by atoms with van der Waals surface area (Å²) >= 11 is 0. The van der Waals surface area contributed by atoms with Crippen molar-refractivity contribution in [3.05, 3.63) is 77.1 Å². The van der Waals surface area contributed by atoms with Crippen molar-refractivity contribution >= 4 is 17.4 Å². The SMILES string of the molecule is Cc1cnccc1NC(=O)c1ccc(-c2cc3c(cc2C)C(=O)CC(C)(C)O3)cc1. The van der Waals surface area contributed by atoms with Gasteiger partial charge in [0.15, 0.2) is 5.78 Å². The fourth-order valence-electron chi connectivity index (χ4n) is 3.73. The Hall–Kier alpha value is -3.47. The first kappa shape index (κ1) is 19.8. The molecule has 2 heterocycles. The van der Waals surface area contributed by atoms with Gasteiger partial charge >= 0.3 is 0 Å². The van der Waals surface area contributed by atoms with Gasteiger partial charge < -0.3 is 10.1 Å². The third-order valence-electron chi connectivity index (χ3n) is 5.33. The van der Waals surface area contributed by atoms with Crippen molar-refractivity contribution in [1.29, 1.82) is 0 Å². The van der Waals surface area contributed by atoms with E-state index in [0.717, 1.165) is 27.9 Å². The molecule has 1 N–H and O–H groups in total. The van der Waals surface area contributed by atoms with E-state index in [9.17, 15) is 9.59 Å². The second kappa shape index (κ2) is 7.41. The van der Waals surface area contributed by atoms with Crippen LogP contribution in [0.4, 0.5) is 5.69 Å². The number of ketones is 1. The zero-order valence-corrected chi connectivity index (χ0v) is 17.6. The fourth-order valence-corrected chi connectivity index (χ4v) is 3.73. The van der Waals surface area contributed by atoms with E-state index in [1.807, 2.05) is 52.0 Å². The van der Waals surface area contributed by atoms with Crippen molar-refractivity contribution in [3.8, 4) is 16.9 Å². The van der Waals surface area contributed by atoms with E-state index in [2.05, 4.69) is 10.3 Å². The van der Waals surface area contributed by atoms with Gasteiger partial charge in [0.2, 0.25) is 0 Å². The first-order valence-electron chi connectivity index (χ1n) is 9.93. The van der Waals surface area contributed by atoms with Gasteiger partial charge in [-0.3, -0.25) is 14.6 Å². The summed E-state index contributed by atoms with van der Waals surface area (Å²) in [6.07, 6.45) is 3.74. The molecule has 1 aliphatic heterocycles. The molecule has 0 radical (unpaired) electrons. The van der Waals surface area contributed by atoms with E-state index in [-0.39, 0.29) is 11.7 Å². The molecule has 0 atom stereocenters. The van der Waals surface area contributed by atoms with Crippen LogP contribution in [-0.4, -0.2) is 22.3 Å². The van der Waals surface area contributed by atoms with Gasteiger partial charge in [0.1, 0.15) is 11.4 Å². The molecule has 3 aromatic rings. The van der Waals surface area contributed by atoms with E-state index in [0.29, 0.717) is 23.3 Å². The second-order valence-electron chi connectivity index (χ2n) is 8.35. The number of nitrogens with one attached hydrogen (secondary N) is 1. The van der Waals surface area contributed by atoms with Crippen molar-refractivity contribution in [2.45, 2.75) is 39.7 Å². The molecule has 0 spiro atoms. The molecule has 152 valence electrons. The average Bonchev–Trinajstić information content (AvgIpc) is 2.69. The lowest BCUT2D eigenvalue weighted by Crippen LogP contribution is -2.35. The van der Waals surface area contributed by atoms with Crippen molar-refractivity contribution in [2.24, 2.45) is 0 Å². The molecule has 0 bridgehead atoms. The molecule has 1 aromatic heterocycles. The summed E-state index contributed by atoms with van der Waals surface area (Å²) in [6.45, 7) is 7.73. The number of carbonyl (C=O) groups is 2. The number of anilines is 1. The quantitative estimate of drug-likeness (QED) is 0.642. The topological polar surface area (TPSA) is 68.3 Å². The molecule has 4 rings (SSSR count). The maximum atomic E-state index is 12.6. The first-order valence-corrected chi connectivity index (χ1v) is 9.93. The molecule has 0 aliphatic carbocycles. The van der Waals surface area contributed by atoms with Crippen LogP contribution in [0.3, 0.4) is 0 Å². The van der Waals surface area contributed by atoms with Crippen LogP contribution in [0.5, 0.6) is 5.75 Å². The third kappa shape index (κ3) is 3.83. The number of aromatic nitrogens is 1. The molecule has 2 aromatic carbocycles. The Morgan fingerprint density at radius 1 is 1.03 bits per heavy atom. The lowest BCUT2D eigenvalue weighted by molar-refractivity contribution is 0.0620. The predicted octanol–water partition coefficient (Wildman–Crippen LogP) is 5.36. The minimum absolute atomic E-state index is 0.106. The predicted molar refractivity (Wildman–Crippen MR) is 117 cm³/mol. The standard InChI is InChI=1S/C25H24N2O3/c1-15-11-20-22(28)13-25(3,4)30-23(20)12-19(15)17-5-7-18(8-6-17)24(29)27-21-9-10-26-14-16(21)2/h5-12,14H,13H2,1-4H3,(H,26,27,29). The smallest absolute Gasteiger partial charge is 0.255 e. The zero-order chi connectivity index (χ0) is 21.5. The summed E-state index contributed by atoms with van der Waals surface area (Å²) in [7, 11) is 0. The molecule has 1 amide bonds. The van der Waals surface area contributed by atoms with Crippen LogP contribution in [-0.2, 0) is 0 Å². The molecular formula is C25H24N2O3. The number of carbonyl (C=O) groups excluding carboxylic acids is 2. The molecule has 0 saturated heterocycles. The fraction of sp³-hybridized carbons (Fsp3) is 0.240. The maximum absolute atomic E-state index is 12.6. The van der Waals surface area contributed by atoms with E-state index >= 15 is 0 Å². The number of aryl methyl sites for hydroxylation is 2. The van der Waals surface area contributed by atoms with E-state index in [1.165, 1.54) is 0 Å². The highest BCUT2D eigenvalue weighted by atomic mass is 16.5. The van der Waals surface area contributed by atoms with Crippen LogP contribution >= 0.6 is 0 Å². The van der Waals surface area contributed by atoms with Crippen LogP contribution in [0.15, 0.2) is 54.9 Å². The molecule has 5 nitrogen and oxygen atoms in total. The Morgan fingerprint density at radius 3 is 2.47 bits per heavy atom. The van der Waals surface area contributed by atoms with Gasteiger partial charge in [0.25, 0.3) is 5.91 Å². The number of hydrogen-bond donors (Lipinski definition) is 1. The van der Waals surface area contributed by atoms with Crippen LogP contribution in [0.1, 0.15) is 52.1 Å². The van der Waals surface area contributed by atoms with Gasteiger partial charge in [0, 0.05) is 23.6 Å². The number of Topliss-reactive ketones (excluding diaryl/α,β-unsaturated/α-hetero) is 1. The number of pyridine rings is 1. The molecule has 5 heteroatoms. The lowest BCUT2D eigenvalue weighted by Gasteiger charge is -2.32.